The van der Waals surface area contributed by atoms with E-state index in [1.54, 1.807) is 7.11 Å². The number of carbonyl (C=O) groups excluding carboxylic acids is 2. The predicted octanol–water partition coefficient (Wildman–Crippen LogP) is 4.46. The summed E-state index contributed by atoms with van der Waals surface area (Å²) in [5.74, 6) is -0.0938. The molecule has 1 atom stereocenters. The van der Waals surface area contributed by atoms with Gasteiger partial charge in [-0.1, -0.05) is 66.7 Å². The van der Waals surface area contributed by atoms with E-state index >= 15 is 0 Å². The van der Waals surface area contributed by atoms with Crippen molar-refractivity contribution < 1.29 is 14.3 Å². The summed E-state index contributed by atoms with van der Waals surface area (Å²) < 4.78 is 7.29. The molecule has 1 N–H and O–H groups in total. The molecule has 0 spiro atoms. The molecule has 1 aromatic heterocycles. The third-order valence-electron chi connectivity index (χ3n) is 6.69. The zero-order valence-corrected chi connectivity index (χ0v) is 19.8. The van der Waals surface area contributed by atoms with Gasteiger partial charge in [0.2, 0.25) is 0 Å². The highest BCUT2D eigenvalue weighted by atomic mass is 16.5. The van der Waals surface area contributed by atoms with Gasteiger partial charge in [0.05, 0.1) is 12.2 Å². The highest BCUT2D eigenvalue weighted by Gasteiger charge is 2.29. The summed E-state index contributed by atoms with van der Waals surface area (Å²) in [6, 6.07) is 25.8. The first kappa shape index (κ1) is 22.9. The molecule has 1 aliphatic heterocycles. The Labute approximate surface area is 205 Å². The zero-order chi connectivity index (χ0) is 24.2. The highest BCUT2D eigenvalue weighted by molar-refractivity contribution is 6.07. The maximum atomic E-state index is 13.3. The standard InChI is InChI=1S/C29H29N3O3/c1-35-16-15-31-20-26(25-13-7-8-14-27(25)31)28(33)30-17-23(21-9-3-2-4-10-21)19-32-18-22-11-5-6-12-24(22)29(32)34/h2-14,20,23H,15-19H2,1H3,(H,30,33). The third-order valence-corrected chi connectivity index (χ3v) is 6.69. The molecule has 5 rings (SSSR count). The van der Waals surface area contributed by atoms with Gasteiger partial charge in [0, 0.05) is 61.9 Å². The average molecular weight is 468 g/mol. The molecule has 0 aliphatic carbocycles. The molecule has 0 bridgehead atoms. The number of amides is 2. The van der Waals surface area contributed by atoms with Gasteiger partial charge in [-0.15, -0.1) is 0 Å². The van der Waals surface area contributed by atoms with Crippen LogP contribution in [0.1, 0.15) is 37.8 Å². The van der Waals surface area contributed by atoms with Crippen LogP contribution in [0.2, 0.25) is 0 Å². The predicted molar refractivity (Wildman–Crippen MR) is 137 cm³/mol. The van der Waals surface area contributed by atoms with Crippen LogP contribution in [0.15, 0.2) is 85.1 Å². The summed E-state index contributed by atoms with van der Waals surface area (Å²) in [4.78, 5) is 28.2. The maximum absolute atomic E-state index is 13.3. The van der Waals surface area contributed by atoms with E-state index in [-0.39, 0.29) is 17.7 Å². The molecule has 6 heteroatoms. The number of hydrogen-bond acceptors (Lipinski definition) is 3. The molecule has 35 heavy (non-hydrogen) atoms. The summed E-state index contributed by atoms with van der Waals surface area (Å²) in [5, 5.41) is 4.07. The van der Waals surface area contributed by atoms with Crippen LogP contribution < -0.4 is 5.32 Å². The number of benzene rings is 3. The molecule has 4 aromatic rings. The first-order valence-electron chi connectivity index (χ1n) is 11.9. The van der Waals surface area contributed by atoms with Crippen molar-refractivity contribution in [3.63, 3.8) is 0 Å². The quantitative estimate of drug-likeness (QED) is 0.395. The molecule has 0 radical (unpaired) electrons. The number of nitrogens with one attached hydrogen (secondary N) is 1. The summed E-state index contributed by atoms with van der Waals surface area (Å²) >= 11 is 0. The normalized spacial score (nSPS) is 13.7. The van der Waals surface area contributed by atoms with E-state index in [2.05, 4.69) is 22.0 Å². The molecule has 6 nitrogen and oxygen atoms in total. The molecule has 2 heterocycles. The second kappa shape index (κ2) is 10.2. The lowest BCUT2D eigenvalue weighted by Gasteiger charge is -2.24. The van der Waals surface area contributed by atoms with E-state index in [1.165, 1.54) is 0 Å². The number of aromatic nitrogens is 1. The van der Waals surface area contributed by atoms with Gasteiger partial charge in [-0.3, -0.25) is 9.59 Å². The van der Waals surface area contributed by atoms with Crippen LogP contribution >= 0.6 is 0 Å². The molecule has 0 saturated heterocycles. The Morgan fingerprint density at radius 1 is 1.00 bits per heavy atom. The van der Waals surface area contributed by atoms with Gasteiger partial charge in [-0.25, -0.2) is 0 Å². The largest absolute Gasteiger partial charge is 0.383 e. The topological polar surface area (TPSA) is 63.6 Å². The monoisotopic (exact) mass is 467 g/mol. The maximum Gasteiger partial charge on any atom is 0.254 e. The first-order valence-corrected chi connectivity index (χ1v) is 11.9. The molecule has 2 amide bonds. The minimum absolute atomic E-state index is 0.0275. The summed E-state index contributed by atoms with van der Waals surface area (Å²) in [6.45, 7) is 2.81. The van der Waals surface area contributed by atoms with Crippen molar-refractivity contribution in [2.24, 2.45) is 0 Å². The van der Waals surface area contributed by atoms with E-state index in [0.29, 0.717) is 38.3 Å². The Morgan fingerprint density at radius 3 is 2.54 bits per heavy atom. The number of para-hydroxylation sites is 1. The van der Waals surface area contributed by atoms with Crippen molar-refractivity contribution in [1.29, 1.82) is 0 Å². The highest BCUT2D eigenvalue weighted by Crippen LogP contribution is 2.26. The number of methoxy groups -OCH3 is 1. The number of fused-ring (bicyclic) bond motifs is 2. The van der Waals surface area contributed by atoms with Crippen LogP contribution in [-0.2, 0) is 17.8 Å². The minimum atomic E-state index is -0.116. The summed E-state index contributed by atoms with van der Waals surface area (Å²) in [6.07, 6.45) is 1.90. The molecule has 3 aromatic carbocycles. The van der Waals surface area contributed by atoms with Gasteiger partial charge in [0.25, 0.3) is 11.8 Å². The Hall–Kier alpha value is -3.90. The number of nitrogens with zero attached hydrogens (tertiary/aromatic N) is 2. The summed E-state index contributed by atoms with van der Waals surface area (Å²) in [7, 11) is 1.67. The Bertz CT molecular complexity index is 1350. The van der Waals surface area contributed by atoms with Crippen molar-refractivity contribution in [3.05, 3.63) is 107 Å². The summed E-state index contributed by atoms with van der Waals surface area (Å²) in [5.41, 5.74) is 4.58. The smallest absolute Gasteiger partial charge is 0.254 e. The molecule has 178 valence electrons. The lowest BCUT2D eigenvalue weighted by molar-refractivity contribution is 0.0767. The molecular formula is C29H29N3O3. The minimum Gasteiger partial charge on any atom is -0.383 e. The number of ether oxygens (including phenoxy) is 1. The van der Waals surface area contributed by atoms with Gasteiger partial charge in [-0.05, 0) is 23.3 Å². The van der Waals surface area contributed by atoms with E-state index in [0.717, 1.165) is 27.6 Å². The zero-order valence-electron chi connectivity index (χ0n) is 19.8. The Morgan fingerprint density at radius 2 is 1.74 bits per heavy atom. The van der Waals surface area contributed by atoms with Crippen LogP contribution in [-0.4, -0.2) is 48.1 Å². The van der Waals surface area contributed by atoms with Gasteiger partial charge >= 0.3 is 0 Å². The van der Waals surface area contributed by atoms with Crippen LogP contribution in [0.25, 0.3) is 10.9 Å². The van der Waals surface area contributed by atoms with E-state index in [4.69, 9.17) is 4.74 Å². The number of carbonyl (C=O) groups is 2. The van der Waals surface area contributed by atoms with E-state index in [9.17, 15) is 9.59 Å². The van der Waals surface area contributed by atoms with Crippen molar-refractivity contribution in [3.8, 4) is 0 Å². The van der Waals surface area contributed by atoms with Gasteiger partial charge in [0.1, 0.15) is 0 Å². The second-order valence-electron chi connectivity index (χ2n) is 8.91. The lowest BCUT2D eigenvalue weighted by atomic mass is 9.98. The fourth-order valence-electron chi connectivity index (χ4n) is 4.85. The molecule has 0 saturated carbocycles. The molecule has 1 aliphatic rings. The SMILES string of the molecule is COCCn1cc(C(=O)NCC(CN2Cc3ccccc3C2=O)c2ccccc2)c2ccccc21. The van der Waals surface area contributed by atoms with Crippen molar-refractivity contribution in [1.82, 2.24) is 14.8 Å². The second-order valence-corrected chi connectivity index (χ2v) is 8.91. The van der Waals surface area contributed by atoms with Crippen molar-refractivity contribution >= 4 is 22.7 Å². The van der Waals surface area contributed by atoms with E-state index < -0.39 is 0 Å². The van der Waals surface area contributed by atoms with Crippen molar-refractivity contribution in [2.45, 2.75) is 19.0 Å². The van der Waals surface area contributed by atoms with Gasteiger partial charge in [0.15, 0.2) is 0 Å². The molecule has 0 fully saturated rings. The Balaban J connectivity index is 1.35. The van der Waals surface area contributed by atoms with Crippen LogP contribution in [0.4, 0.5) is 0 Å². The third kappa shape index (κ3) is 4.70. The lowest BCUT2D eigenvalue weighted by Crippen LogP contribution is -2.36. The number of hydrogen-bond donors (Lipinski definition) is 1. The van der Waals surface area contributed by atoms with Gasteiger partial charge in [-0.2, -0.15) is 0 Å². The number of rotatable bonds is 9. The average Bonchev–Trinajstić information content (AvgIpc) is 3.43. The van der Waals surface area contributed by atoms with Gasteiger partial charge < -0.3 is 19.5 Å². The fourth-order valence-corrected chi connectivity index (χ4v) is 4.85. The van der Waals surface area contributed by atoms with Crippen LogP contribution in [0.3, 0.4) is 0 Å². The molecule has 1 unspecified atom stereocenters. The fraction of sp³-hybridized carbons (Fsp3) is 0.241. The Kier molecular flexibility index (Phi) is 6.64. The van der Waals surface area contributed by atoms with Crippen LogP contribution in [0.5, 0.6) is 0 Å². The van der Waals surface area contributed by atoms with Crippen molar-refractivity contribution in [2.75, 3.05) is 26.8 Å². The molecular weight excluding hydrogens is 438 g/mol. The van der Waals surface area contributed by atoms with Crippen LogP contribution in [0, 0.1) is 0 Å². The first-order chi connectivity index (χ1) is 17.2. The van der Waals surface area contributed by atoms with E-state index in [1.807, 2.05) is 77.8 Å².